The quantitative estimate of drug-likeness (QED) is 0.343. The van der Waals surface area contributed by atoms with Gasteiger partial charge < -0.3 is 15.4 Å². The molecule has 9 nitrogen and oxygen atoms in total. The first-order valence-corrected chi connectivity index (χ1v) is 6.72. The van der Waals surface area contributed by atoms with Crippen molar-refractivity contribution >= 4 is 23.2 Å². The molecule has 1 aromatic heterocycles. The monoisotopic (exact) mass is 317 g/mol. The summed E-state index contributed by atoms with van der Waals surface area (Å²) < 4.78 is 4.65. The topological polar surface area (TPSA) is 119 Å². The Bertz CT molecular complexity index is 693. The number of nitro benzene ring substituents is 1. The first-order chi connectivity index (χ1) is 11.1. The maximum Gasteiger partial charge on any atom is 0.340 e. The van der Waals surface area contributed by atoms with E-state index in [1.165, 1.54) is 25.3 Å². The lowest BCUT2D eigenvalue weighted by molar-refractivity contribution is -0.384. The van der Waals surface area contributed by atoms with Gasteiger partial charge >= 0.3 is 5.97 Å². The van der Waals surface area contributed by atoms with Crippen LogP contribution >= 0.6 is 0 Å². The molecule has 0 saturated carbocycles. The number of hydrogen-bond donors (Lipinski definition) is 2. The molecule has 2 aromatic rings. The van der Waals surface area contributed by atoms with Crippen LogP contribution in [-0.2, 0) is 4.74 Å². The molecule has 0 saturated heterocycles. The van der Waals surface area contributed by atoms with Crippen LogP contribution in [0.3, 0.4) is 0 Å². The van der Waals surface area contributed by atoms with Gasteiger partial charge in [-0.3, -0.25) is 15.1 Å². The SMILES string of the molecule is COC(=O)c1cc([N+](=O)[O-])ccc1NCCNc1cnccn1. The highest BCUT2D eigenvalue weighted by Gasteiger charge is 2.16. The first kappa shape index (κ1) is 16.1. The van der Waals surface area contributed by atoms with Crippen molar-refractivity contribution in [3.63, 3.8) is 0 Å². The van der Waals surface area contributed by atoms with E-state index < -0.39 is 10.9 Å². The summed E-state index contributed by atoms with van der Waals surface area (Å²) in [4.78, 5) is 30.0. The number of benzene rings is 1. The second-order valence-corrected chi connectivity index (χ2v) is 4.42. The van der Waals surface area contributed by atoms with Gasteiger partial charge in [0.2, 0.25) is 0 Å². The average molecular weight is 317 g/mol. The number of nitro groups is 1. The molecule has 23 heavy (non-hydrogen) atoms. The number of nitrogens with zero attached hydrogens (tertiary/aromatic N) is 3. The average Bonchev–Trinajstić information content (AvgIpc) is 2.58. The summed E-state index contributed by atoms with van der Waals surface area (Å²) >= 11 is 0. The molecule has 0 aliphatic heterocycles. The van der Waals surface area contributed by atoms with Crippen LogP contribution in [0.25, 0.3) is 0 Å². The van der Waals surface area contributed by atoms with Crippen molar-refractivity contribution < 1.29 is 14.5 Å². The van der Waals surface area contributed by atoms with E-state index in [9.17, 15) is 14.9 Å². The molecule has 0 bridgehead atoms. The summed E-state index contributed by atoms with van der Waals surface area (Å²) in [6.07, 6.45) is 4.73. The van der Waals surface area contributed by atoms with Crippen molar-refractivity contribution in [2.45, 2.75) is 0 Å². The van der Waals surface area contributed by atoms with Gasteiger partial charge in [-0.05, 0) is 6.07 Å². The molecule has 1 heterocycles. The lowest BCUT2D eigenvalue weighted by Gasteiger charge is -2.11. The minimum absolute atomic E-state index is 0.112. The molecule has 0 fully saturated rings. The van der Waals surface area contributed by atoms with E-state index in [4.69, 9.17) is 0 Å². The molecule has 0 aliphatic rings. The van der Waals surface area contributed by atoms with Crippen molar-refractivity contribution in [2.24, 2.45) is 0 Å². The predicted octanol–water partition coefficient (Wildman–Crippen LogP) is 1.70. The van der Waals surface area contributed by atoms with E-state index in [0.29, 0.717) is 24.6 Å². The summed E-state index contributed by atoms with van der Waals surface area (Å²) in [5.74, 6) is -0.00993. The van der Waals surface area contributed by atoms with Gasteiger partial charge in [-0.2, -0.15) is 0 Å². The fourth-order valence-corrected chi connectivity index (χ4v) is 1.86. The normalized spacial score (nSPS) is 9.96. The Morgan fingerprint density at radius 3 is 2.74 bits per heavy atom. The molecule has 120 valence electrons. The first-order valence-electron chi connectivity index (χ1n) is 6.72. The smallest absolute Gasteiger partial charge is 0.340 e. The zero-order chi connectivity index (χ0) is 16.7. The van der Waals surface area contributed by atoms with Gasteiger partial charge in [0.1, 0.15) is 5.82 Å². The van der Waals surface area contributed by atoms with Gasteiger partial charge in [0.05, 0.1) is 23.8 Å². The van der Waals surface area contributed by atoms with Crippen LogP contribution in [0.5, 0.6) is 0 Å². The van der Waals surface area contributed by atoms with Gasteiger partial charge in [-0.15, -0.1) is 0 Å². The van der Waals surface area contributed by atoms with E-state index in [-0.39, 0.29) is 11.3 Å². The van der Waals surface area contributed by atoms with E-state index in [2.05, 4.69) is 25.3 Å². The molecule has 0 radical (unpaired) electrons. The number of hydrogen-bond acceptors (Lipinski definition) is 8. The van der Waals surface area contributed by atoms with Crippen molar-refractivity contribution in [3.05, 3.63) is 52.5 Å². The Morgan fingerprint density at radius 1 is 1.30 bits per heavy atom. The standard InChI is InChI=1S/C14H15N5O4/c1-23-14(20)11-8-10(19(21)22)2-3-12(11)16-6-7-18-13-9-15-4-5-17-13/h2-5,8-9,16H,6-7H2,1H3,(H,17,18). The molecule has 0 atom stereocenters. The molecular weight excluding hydrogens is 302 g/mol. The third-order valence-electron chi connectivity index (χ3n) is 2.93. The van der Waals surface area contributed by atoms with Crippen molar-refractivity contribution in [1.82, 2.24) is 9.97 Å². The molecule has 0 unspecified atom stereocenters. The molecule has 2 N–H and O–H groups in total. The predicted molar refractivity (Wildman–Crippen MR) is 83.4 cm³/mol. The molecule has 0 amide bonds. The highest BCUT2D eigenvalue weighted by molar-refractivity contribution is 5.96. The summed E-state index contributed by atoms with van der Waals surface area (Å²) in [7, 11) is 1.22. The minimum Gasteiger partial charge on any atom is -0.465 e. The van der Waals surface area contributed by atoms with Gasteiger partial charge in [-0.25, -0.2) is 9.78 Å². The number of aromatic nitrogens is 2. The van der Waals surface area contributed by atoms with E-state index in [0.717, 1.165) is 0 Å². The van der Waals surface area contributed by atoms with Gasteiger partial charge in [0.15, 0.2) is 0 Å². The van der Waals surface area contributed by atoms with Crippen LogP contribution in [0.4, 0.5) is 17.2 Å². The Labute approximate surface area is 131 Å². The summed E-state index contributed by atoms with van der Waals surface area (Å²) in [6.45, 7) is 0.995. The maximum absolute atomic E-state index is 11.7. The zero-order valence-electron chi connectivity index (χ0n) is 12.4. The summed E-state index contributed by atoms with van der Waals surface area (Å²) in [5.41, 5.74) is 0.401. The molecule has 9 heteroatoms. The van der Waals surface area contributed by atoms with Gasteiger partial charge in [0, 0.05) is 43.3 Å². The number of nitrogens with one attached hydrogen (secondary N) is 2. The number of carbonyl (C=O) groups is 1. The Balaban J connectivity index is 2.01. The van der Waals surface area contributed by atoms with Crippen molar-refractivity contribution in [1.29, 1.82) is 0 Å². The number of esters is 1. The number of methoxy groups -OCH3 is 1. The molecular formula is C14H15N5O4. The molecule has 0 spiro atoms. The minimum atomic E-state index is -0.641. The number of carbonyl (C=O) groups excluding carboxylic acids is 1. The fourth-order valence-electron chi connectivity index (χ4n) is 1.86. The largest absolute Gasteiger partial charge is 0.465 e. The number of anilines is 2. The van der Waals surface area contributed by atoms with Crippen LogP contribution in [0.2, 0.25) is 0 Å². The third kappa shape index (κ3) is 4.37. The lowest BCUT2D eigenvalue weighted by Crippen LogP contribution is -2.16. The van der Waals surface area contributed by atoms with E-state index >= 15 is 0 Å². The Kier molecular flexibility index (Phi) is 5.40. The number of rotatable bonds is 7. The van der Waals surface area contributed by atoms with Crippen molar-refractivity contribution in [3.8, 4) is 0 Å². The maximum atomic E-state index is 11.7. The van der Waals surface area contributed by atoms with Crippen LogP contribution in [0, 0.1) is 10.1 Å². The molecule has 0 aliphatic carbocycles. The van der Waals surface area contributed by atoms with E-state index in [1.54, 1.807) is 18.6 Å². The highest BCUT2D eigenvalue weighted by Crippen LogP contribution is 2.22. The van der Waals surface area contributed by atoms with Crippen molar-refractivity contribution in [2.75, 3.05) is 30.8 Å². The number of ether oxygens (including phenoxy) is 1. The molecule has 2 rings (SSSR count). The van der Waals surface area contributed by atoms with E-state index in [1.807, 2.05) is 0 Å². The van der Waals surface area contributed by atoms with Crippen LogP contribution in [0.15, 0.2) is 36.8 Å². The van der Waals surface area contributed by atoms with Gasteiger partial charge in [0.25, 0.3) is 5.69 Å². The second-order valence-electron chi connectivity index (χ2n) is 4.42. The summed E-state index contributed by atoms with van der Waals surface area (Å²) in [6, 6.07) is 3.99. The highest BCUT2D eigenvalue weighted by atomic mass is 16.6. The lowest BCUT2D eigenvalue weighted by atomic mass is 10.1. The van der Waals surface area contributed by atoms with Crippen LogP contribution in [0.1, 0.15) is 10.4 Å². The Morgan fingerprint density at radius 2 is 2.09 bits per heavy atom. The third-order valence-corrected chi connectivity index (χ3v) is 2.93. The number of non-ortho nitro benzene ring substituents is 1. The fraction of sp³-hybridized carbons (Fsp3) is 0.214. The summed E-state index contributed by atoms with van der Waals surface area (Å²) in [5, 5.41) is 16.9. The Hall–Kier alpha value is -3.23. The zero-order valence-corrected chi connectivity index (χ0v) is 12.4. The van der Waals surface area contributed by atoms with Crippen LogP contribution < -0.4 is 10.6 Å². The van der Waals surface area contributed by atoms with Crippen LogP contribution in [-0.4, -0.2) is 41.1 Å². The molecule has 1 aromatic carbocycles. The van der Waals surface area contributed by atoms with Gasteiger partial charge in [-0.1, -0.05) is 0 Å². The second kappa shape index (κ2) is 7.69.